The van der Waals surface area contributed by atoms with Crippen molar-refractivity contribution in [1.29, 1.82) is 0 Å². The third-order valence-corrected chi connectivity index (χ3v) is 3.91. The molecule has 1 aromatic heterocycles. The summed E-state index contributed by atoms with van der Waals surface area (Å²) in [6.07, 6.45) is 4.92. The monoisotopic (exact) mass is 278 g/mol. The largest absolute Gasteiger partial charge is 0.481 e. The Hall–Kier alpha value is -1.56. The third-order valence-electron chi connectivity index (χ3n) is 3.91. The smallest absolute Gasteiger partial charge is 0.232 e. The average molecular weight is 278 g/mol. The van der Waals surface area contributed by atoms with Gasteiger partial charge in [-0.3, -0.25) is 0 Å². The predicted octanol–water partition coefficient (Wildman–Crippen LogP) is 1.21. The van der Waals surface area contributed by atoms with Gasteiger partial charge < -0.3 is 19.7 Å². The zero-order valence-electron chi connectivity index (χ0n) is 12.1. The number of methoxy groups -OCH3 is 2. The average Bonchev–Trinajstić information content (AvgIpc) is 3.20. The fourth-order valence-corrected chi connectivity index (χ4v) is 2.66. The van der Waals surface area contributed by atoms with Crippen LogP contribution >= 0.6 is 0 Å². The molecule has 1 N–H and O–H groups in total. The Morgan fingerprint density at radius 3 is 2.40 bits per heavy atom. The van der Waals surface area contributed by atoms with Crippen molar-refractivity contribution in [3.8, 4) is 11.8 Å². The van der Waals surface area contributed by atoms with Gasteiger partial charge in [-0.1, -0.05) is 0 Å². The second-order valence-corrected chi connectivity index (χ2v) is 5.43. The number of hydrogen-bond acceptors (Lipinski definition) is 6. The molecular weight excluding hydrogens is 256 g/mol. The quantitative estimate of drug-likeness (QED) is 0.844. The molecule has 0 radical (unpaired) electrons. The first kappa shape index (κ1) is 13.4. The Bertz CT molecular complexity index is 436. The van der Waals surface area contributed by atoms with Crippen molar-refractivity contribution in [3.63, 3.8) is 0 Å². The van der Waals surface area contributed by atoms with Crippen LogP contribution in [-0.2, 0) is 0 Å². The molecule has 3 rings (SSSR count). The topological polar surface area (TPSA) is 59.5 Å². The minimum Gasteiger partial charge on any atom is -0.481 e. The highest BCUT2D eigenvalue weighted by Crippen LogP contribution is 2.32. The van der Waals surface area contributed by atoms with Crippen LogP contribution in [0.5, 0.6) is 11.8 Å². The van der Waals surface area contributed by atoms with E-state index in [1.54, 1.807) is 20.3 Å². The first-order chi connectivity index (χ1) is 9.80. The van der Waals surface area contributed by atoms with Crippen LogP contribution in [0.15, 0.2) is 6.07 Å². The normalized spacial score (nSPS) is 21.8. The van der Waals surface area contributed by atoms with Crippen LogP contribution in [0, 0.1) is 0 Å². The molecule has 1 atom stereocenters. The summed E-state index contributed by atoms with van der Waals surface area (Å²) < 4.78 is 10.5. The molecule has 2 aliphatic rings. The van der Waals surface area contributed by atoms with Crippen LogP contribution in [0.4, 0.5) is 5.95 Å². The van der Waals surface area contributed by atoms with Gasteiger partial charge in [0.15, 0.2) is 0 Å². The molecule has 1 aliphatic heterocycles. The van der Waals surface area contributed by atoms with E-state index < -0.39 is 0 Å². The summed E-state index contributed by atoms with van der Waals surface area (Å²) in [6.45, 7) is 2.08. The van der Waals surface area contributed by atoms with Gasteiger partial charge in [0, 0.05) is 18.6 Å². The van der Waals surface area contributed by atoms with Crippen LogP contribution in [0.1, 0.15) is 25.7 Å². The molecule has 1 aromatic rings. The lowest BCUT2D eigenvalue weighted by Gasteiger charge is -2.26. The molecule has 110 valence electrons. The van der Waals surface area contributed by atoms with E-state index in [2.05, 4.69) is 20.2 Å². The summed E-state index contributed by atoms with van der Waals surface area (Å²) in [7, 11) is 3.23. The van der Waals surface area contributed by atoms with Crippen molar-refractivity contribution in [2.75, 3.05) is 32.2 Å². The van der Waals surface area contributed by atoms with E-state index in [0.29, 0.717) is 23.8 Å². The van der Waals surface area contributed by atoms with E-state index in [1.807, 2.05) is 0 Å². The zero-order chi connectivity index (χ0) is 13.9. The van der Waals surface area contributed by atoms with Crippen molar-refractivity contribution in [2.45, 2.75) is 37.8 Å². The van der Waals surface area contributed by atoms with E-state index >= 15 is 0 Å². The molecule has 0 bridgehead atoms. The van der Waals surface area contributed by atoms with E-state index in [9.17, 15) is 0 Å². The molecule has 6 heteroatoms. The fraction of sp³-hybridized carbons (Fsp3) is 0.714. The molecule has 2 heterocycles. The molecule has 1 unspecified atom stereocenters. The highest BCUT2D eigenvalue weighted by atomic mass is 16.5. The van der Waals surface area contributed by atoms with E-state index in [-0.39, 0.29) is 0 Å². The van der Waals surface area contributed by atoms with Crippen molar-refractivity contribution in [1.82, 2.24) is 15.3 Å². The Morgan fingerprint density at radius 1 is 1.20 bits per heavy atom. The summed E-state index contributed by atoms with van der Waals surface area (Å²) in [5.41, 5.74) is 0. The molecule has 0 amide bonds. The second-order valence-electron chi connectivity index (χ2n) is 5.43. The lowest BCUT2D eigenvalue weighted by molar-refractivity contribution is 0.371. The van der Waals surface area contributed by atoms with Gasteiger partial charge in [0.2, 0.25) is 17.7 Å². The zero-order valence-corrected chi connectivity index (χ0v) is 12.1. The highest BCUT2D eigenvalue weighted by molar-refractivity contribution is 5.39. The molecule has 2 fully saturated rings. The Morgan fingerprint density at radius 2 is 1.90 bits per heavy atom. The van der Waals surface area contributed by atoms with Gasteiger partial charge >= 0.3 is 0 Å². The third kappa shape index (κ3) is 2.95. The maximum absolute atomic E-state index is 5.24. The number of nitrogens with zero attached hydrogens (tertiary/aromatic N) is 3. The highest BCUT2D eigenvalue weighted by Gasteiger charge is 2.33. The van der Waals surface area contributed by atoms with Gasteiger partial charge in [-0.15, -0.1) is 0 Å². The van der Waals surface area contributed by atoms with E-state index in [0.717, 1.165) is 19.0 Å². The van der Waals surface area contributed by atoms with Crippen molar-refractivity contribution < 1.29 is 9.47 Å². The van der Waals surface area contributed by atoms with Gasteiger partial charge in [-0.25, -0.2) is 0 Å². The maximum atomic E-state index is 5.24. The first-order valence-electron chi connectivity index (χ1n) is 7.27. The van der Waals surface area contributed by atoms with Gasteiger partial charge in [-0.05, 0) is 32.2 Å². The number of nitrogens with one attached hydrogen (secondary N) is 1. The SMILES string of the molecule is COc1cc(OC)nc(N(CC2CCCN2)C2CC2)n1. The van der Waals surface area contributed by atoms with Crippen LogP contribution in [-0.4, -0.2) is 49.4 Å². The molecule has 1 aliphatic carbocycles. The van der Waals surface area contributed by atoms with Crippen LogP contribution < -0.4 is 19.7 Å². The Balaban J connectivity index is 1.82. The molecule has 0 spiro atoms. The molecule has 1 saturated carbocycles. The van der Waals surface area contributed by atoms with Crippen LogP contribution in [0.25, 0.3) is 0 Å². The second kappa shape index (κ2) is 5.83. The lowest BCUT2D eigenvalue weighted by Crippen LogP contribution is -2.39. The van der Waals surface area contributed by atoms with Gasteiger partial charge in [-0.2, -0.15) is 9.97 Å². The summed E-state index contributed by atoms with van der Waals surface area (Å²) >= 11 is 0. The molecule has 0 aromatic carbocycles. The van der Waals surface area contributed by atoms with Crippen molar-refractivity contribution >= 4 is 5.95 Å². The Kier molecular flexibility index (Phi) is 3.91. The molecular formula is C14H22N4O2. The summed E-state index contributed by atoms with van der Waals surface area (Å²) in [4.78, 5) is 11.3. The van der Waals surface area contributed by atoms with Crippen molar-refractivity contribution in [2.24, 2.45) is 0 Å². The minimum atomic E-state index is 0.538. The number of ether oxygens (including phenoxy) is 2. The van der Waals surface area contributed by atoms with Crippen LogP contribution in [0.2, 0.25) is 0 Å². The lowest BCUT2D eigenvalue weighted by atomic mass is 10.2. The molecule has 6 nitrogen and oxygen atoms in total. The number of anilines is 1. The van der Waals surface area contributed by atoms with E-state index in [1.165, 1.54) is 25.7 Å². The van der Waals surface area contributed by atoms with Gasteiger partial charge in [0.1, 0.15) is 0 Å². The molecule has 1 saturated heterocycles. The Labute approximate surface area is 119 Å². The predicted molar refractivity (Wildman–Crippen MR) is 76.5 cm³/mol. The first-order valence-corrected chi connectivity index (χ1v) is 7.27. The number of rotatable bonds is 6. The number of hydrogen-bond donors (Lipinski definition) is 1. The minimum absolute atomic E-state index is 0.538. The number of aromatic nitrogens is 2. The van der Waals surface area contributed by atoms with Crippen molar-refractivity contribution in [3.05, 3.63) is 6.07 Å². The standard InChI is InChI=1S/C14H22N4O2/c1-19-12-8-13(20-2)17-14(16-12)18(11-5-6-11)9-10-4-3-7-15-10/h8,10-11,15H,3-7,9H2,1-2H3. The van der Waals surface area contributed by atoms with Crippen LogP contribution in [0.3, 0.4) is 0 Å². The summed E-state index contributed by atoms with van der Waals surface area (Å²) in [6, 6.07) is 2.81. The fourth-order valence-electron chi connectivity index (χ4n) is 2.66. The van der Waals surface area contributed by atoms with Gasteiger partial charge in [0.05, 0.1) is 20.3 Å². The maximum Gasteiger partial charge on any atom is 0.232 e. The van der Waals surface area contributed by atoms with E-state index in [4.69, 9.17) is 9.47 Å². The van der Waals surface area contributed by atoms with Gasteiger partial charge in [0.25, 0.3) is 0 Å². The molecule has 20 heavy (non-hydrogen) atoms. The summed E-state index contributed by atoms with van der Waals surface area (Å²) in [5, 5.41) is 3.54. The summed E-state index contributed by atoms with van der Waals surface area (Å²) in [5.74, 6) is 1.83.